The van der Waals surface area contributed by atoms with Crippen LogP contribution in [-0.4, -0.2) is 27.5 Å². The van der Waals surface area contributed by atoms with Crippen molar-refractivity contribution in [2.24, 2.45) is 0 Å². The second kappa shape index (κ2) is 6.82. The molecule has 0 spiro atoms. The number of hydrogen-bond donors (Lipinski definition) is 1. The van der Waals surface area contributed by atoms with E-state index in [1.807, 2.05) is 18.2 Å². The van der Waals surface area contributed by atoms with Crippen LogP contribution in [0.15, 0.2) is 48.7 Å². The van der Waals surface area contributed by atoms with Crippen molar-refractivity contribution in [2.75, 3.05) is 6.54 Å². The minimum absolute atomic E-state index is 0.277. The molecule has 1 aromatic carbocycles. The van der Waals surface area contributed by atoms with Gasteiger partial charge in [0.15, 0.2) is 0 Å². The van der Waals surface area contributed by atoms with E-state index in [1.54, 1.807) is 18.3 Å². The fourth-order valence-electron chi connectivity index (χ4n) is 2.09. The molecule has 0 unspecified atom stereocenters. The number of nitrogens with zero attached hydrogens (tertiary/aromatic N) is 2. The molecule has 4 nitrogen and oxygen atoms in total. The fraction of sp³-hybridized carbons (Fsp3) is 0.250. The van der Waals surface area contributed by atoms with E-state index in [4.69, 9.17) is 0 Å². The Morgan fingerprint density at radius 2 is 1.90 bits per heavy atom. The van der Waals surface area contributed by atoms with Gasteiger partial charge in [0, 0.05) is 19.3 Å². The lowest BCUT2D eigenvalue weighted by molar-refractivity contribution is 0.0693. The molecule has 0 saturated carbocycles. The van der Waals surface area contributed by atoms with Crippen molar-refractivity contribution in [3.63, 3.8) is 0 Å². The highest BCUT2D eigenvalue weighted by atomic mass is 16.4. The Bertz CT molecular complexity index is 570. The third-order valence-electron chi connectivity index (χ3n) is 3.19. The smallest absolute Gasteiger partial charge is 0.337 e. The van der Waals surface area contributed by atoms with Crippen LogP contribution in [0, 0.1) is 0 Å². The molecule has 0 aliphatic carbocycles. The molecule has 2 rings (SSSR count). The van der Waals surface area contributed by atoms with Crippen molar-refractivity contribution >= 4 is 5.97 Å². The molecule has 0 aliphatic heterocycles. The molecule has 0 aliphatic rings. The maximum Gasteiger partial charge on any atom is 0.337 e. The van der Waals surface area contributed by atoms with Crippen LogP contribution in [0.1, 0.15) is 28.5 Å². The number of carbonyl (C=O) groups is 1. The first-order valence-electron chi connectivity index (χ1n) is 6.64. The van der Waals surface area contributed by atoms with Crippen molar-refractivity contribution in [1.29, 1.82) is 0 Å². The Labute approximate surface area is 118 Å². The first kappa shape index (κ1) is 14.2. The van der Waals surface area contributed by atoms with Crippen molar-refractivity contribution in [2.45, 2.75) is 20.0 Å². The lowest BCUT2D eigenvalue weighted by Gasteiger charge is -2.20. The molecule has 0 saturated heterocycles. The number of hydrogen-bond acceptors (Lipinski definition) is 3. The largest absolute Gasteiger partial charge is 0.478 e. The van der Waals surface area contributed by atoms with Gasteiger partial charge in [-0.2, -0.15) is 0 Å². The molecule has 2 aromatic rings. The van der Waals surface area contributed by atoms with Gasteiger partial charge in [0.25, 0.3) is 0 Å². The first-order chi connectivity index (χ1) is 9.70. The summed E-state index contributed by atoms with van der Waals surface area (Å²) in [6, 6.07) is 13.4. The second-order valence-corrected chi connectivity index (χ2v) is 4.59. The van der Waals surface area contributed by atoms with Crippen LogP contribution in [-0.2, 0) is 13.1 Å². The Balaban J connectivity index is 2.13. The highest BCUT2D eigenvalue weighted by molar-refractivity contribution is 5.88. The van der Waals surface area contributed by atoms with E-state index in [-0.39, 0.29) is 5.56 Å². The summed E-state index contributed by atoms with van der Waals surface area (Å²) in [7, 11) is 0. The van der Waals surface area contributed by atoms with E-state index in [0.717, 1.165) is 13.1 Å². The summed E-state index contributed by atoms with van der Waals surface area (Å²) in [5.74, 6) is -0.927. The van der Waals surface area contributed by atoms with Gasteiger partial charge in [-0.15, -0.1) is 0 Å². The zero-order chi connectivity index (χ0) is 14.4. The molecular weight excluding hydrogens is 252 g/mol. The zero-order valence-corrected chi connectivity index (χ0v) is 11.5. The van der Waals surface area contributed by atoms with Gasteiger partial charge in [0.2, 0.25) is 0 Å². The Kier molecular flexibility index (Phi) is 4.85. The topological polar surface area (TPSA) is 53.4 Å². The van der Waals surface area contributed by atoms with E-state index in [1.165, 1.54) is 5.56 Å². The molecule has 0 bridgehead atoms. The zero-order valence-electron chi connectivity index (χ0n) is 11.5. The first-order valence-corrected chi connectivity index (χ1v) is 6.64. The van der Waals surface area contributed by atoms with E-state index >= 15 is 0 Å². The Morgan fingerprint density at radius 1 is 1.15 bits per heavy atom. The minimum Gasteiger partial charge on any atom is -0.478 e. The van der Waals surface area contributed by atoms with E-state index in [0.29, 0.717) is 12.2 Å². The van der Waals surface area contributed by atoms with Gasteiger partial charge in [-0.3, -0.25) is 9.88 Å². The third kappa shape index (κ3) is 3.65. The monoisotopic (exact) mass is 270 g/mol. The molecule has 1 heterocycles. The van der Waals surface area contributed by atoms with Crippen molar-refractivity contribution in [1.82, 2.24) is 9.88 Å². The maximum atomic E-state index is 11.2. The van der Waals surface area contributed by atoms with Crippen molar-refractivity contribution in [3.05, 3.63) is 65.5 Å². The van der Waals surface area contributed by atoms with Crippen LogP contribution >= 0.6 is 0 Å². The van der Waals surface area contributed by atoms with Gasteiger partial charge in [0.1, 0.15) is 0 Å². The quantitative estimate of drug-likeness (QED) is 0.877. The van der Waals surface area contributed by atoms with Gasteiger partial charge in [-0.1, -0.05) is 37.3 Å². The molecule has 0 radical (unpaired) electrons. The highest BCUT2D eigenvalue weighted by Crippen LogP contribution is 2.12. The molecule has 1 N–H and O–H groups in total. The lowest BCUT2D eigenvalue weighted by Crippen LogP contribution is -2.24. The number of aromatic nitrogens is 1. The van der Waals surface area contributed by atoms with Gasteiger partial charge in [-0.05, 0) is 24.2 Å². The van der Waals surface area contributed by atoms with Crippen molar-refractivity contribution < 1.29 is 9.90 Å². The van der Waals surface area contributed by atoms with Crippen LogP contribution < -0.4 is 0 Å². The SMILES string of the molecule is CCN(Cc1ccccc1)Cc1ncccc1C(=O)O. The van der Waals surface area contributed by atoms with Gasteiger partial charge in [-0.25, -0.2) is 4.79 Å². The van der Waals surface area contributed by atoms with Gasteiger partial charge >= 0.3 is 5.97 Å². The van der Waals surface area contributed by atoms with E-state index in [9.17, 15) is 9.90 Å². The fourth-order valence-corrected chi connectivity index (χ4v) is 2.09. The molecule has 0 atom stereocenters. The Hall–Kier alpha value is -2.20. The average molecular weight is 270 g/mol. The number of rotatable bonds is 6. The number of pyridine rings is 1. The molecule has 0 fully saturated rings. The summed E-state index contributed by atoms with van der Waals surface area (Å²) in [6.45, 7) is 4.22. The van der Waals surface area contributed by atoms with Gasteiger partial charge < -0.3 is 5.11 Å². The van der Waals surface area contributed by atoms with Crippen LogP contribution in [0.3, 0.4) is 0 Å². The number of aromatic carboxylic acids is 1. The average Bonchev–Trinajstić information content (AvgIpc) is 2.48. The van der Waals surface area contributed by atoms with Crippen molar-refractivity contribution in [3.8, 4) is 0 Å². The summed E-state index contributed by atoms with van der Waals surface area (Å²) in [4.78, 5) is 17.6. The highest BCUT2D eigenvalue weighted by Gasteiger charge is 2.13. The molecule has 1 aromatic heterocycles. The molecule has 4 heteroatoms. The van der Waals surface area contributed by atoms with Gasteiger partial charge in [0.05, 0.1) is 11.3 Å². The summed E-state index contributed by atoms with van der Waals surface area (Å²) >= 11 is 0. The maximum absolute atomic E-state index is 11.2. The molecule has 20 heavy (non-hydrogen) atoms. The standard InChI is InChI=1S/C16H18N2O2/c1-2-18(11-13-7-4-3-5-8-13)12-15-14(16(19)20)9-6-10-17-15/h3-10H,2,11-12H2,1H3,(H,19,20). The molecule has 0 amide bonds. The summed E-state index contributed by atoms with van der Waals surface area (Å²) < 4.78 is 0. The second-order valence-electron chi connectivity index (χ2n) is 4.59. The van der Waals surface area contributed by atoms with Crippen LogP contribution in [0.4, 0.5) is 0 Å². The Morgan fingerprint density at radius 3 is 2.55 bits per heavy atom. The number of benzene rings is 1. The molecular formula is C16H18N2O2. The van der Waals surface area contributed by atoms with E-state index in [2.05, 4.69) is 28.9 Å². The van der Waals surface area contributed by atoms with Crippen LogP contribution in [0.5, 0.6) is 0 Å². The van der Waals surface area contributed by atoms with Crippen LogP contribution in [0.2, 0.25) is 0 Å². The lowest BCUT2D eigenvalue weighted by atomic mass is 10.1. The summed E-state index contributed by atoms with van der Waals surface area (Å²) in [6.07, 6.45) is 1.64. The normalized spacial score (nSPS) is 10.7. The van der Waals surface area contributed by atoms with E-state index < -0.39 is 5.97 Å². The summed E-state index contributed by atoms with van der Waals surface area (Å²) in [5, 5.41) is 9.18. The predicted molar refractivity (Wildman–Crippen MR) is 77.4 cm³/mol. The minimum atomic E-state index is -0.927. The third-order valence-corrected chi connectivity index (χ3v) is 3.19. The number of carboxylic acids is 1. The number of carboxylic acid groups (broad SMARTS) is 1. The van der Waals surface area contributed by atoms with Crippen LogP contribution in [0.25, 0.3) is 0 Å². The predicted octanol–water partition coefficient (Wildman–Crippen LogP) is 2.80. The summed E-state index contributed by atoms with van der Waals surface area (Å²) in [5.41, 5.74) is 2.10. The molecule has 104 valence electrons.